The highest BCUT2D eigenvalue weighted by Gasteiger charge is 2.47. The quantitative estimate of drug-likeness (QED) is 0.392. The second kappa shape index (κ2) is 10.3. The summed E-state index contributed by atoms with van der Waals surface area (Å²) in [5, 5.41) is 11.8. The van der Waals surface area contributed by atoms with Crippen LogP contribution in [0.1, 0.15) is 43.6 Å². The van der Waals surface area contributed by atoms with Gasteiger partial charge in [0.2, 0.25) is 11.8 Å². The minimum atomic E-state index is -2.87. The molecule has 1 saturated carbocycles. The number of amides is 1. The smallest absolute Gasteiger partial charge is 0.262 e. The van der Waals surface area contributed by atoms with Crippen LogP contribution in [-0.2, 0) is 11.3 Å². The van der Waals surface area contributed by atoms with Crippen molar-refractivity contribution in [2.45, 2.75) is 56.1 Å². The molecule has 2 aliphatic rings. The normalized spacial score (nSPS) is 22.3. The Morgan fingerprint density at radius 1 is 0.975 bits per heavy atom. The average molecular weight is 547 g/mol. The molecule has 40 heavy (non-hydrogen) atoms. The number of fused-ring (bicyclic) bond motifs is 1. The highest BCUT2D eigenvalue weighted by atomic mass is 19.3. The fraction of sp³-hybridized carbons (Fsp3) is 0.387. The number of likely N-dealkylation sites (tertiary alicyclic amines) is 1. The van der Waals surface area contributed by atoms with E-state index < -0.39 is 23.9 Å². The summed E-state index contributed by atoms with van der Waals surface area (Å²) in [6.45, 7) is 0.531. The lowest BCUT2D eigenvalue weighted by molar-refractivity contribution is -0.148. The number of carbonyl (C=O) groups is 1. The molecule has 9 heteroatoms. The Bertz CT molecular complexity index is 1560. The third-order valence-corrected chi connectivity index (χ3v) is 8.55. The molecule has 1 aliphatic carbocycles. The van der Waals surface area contributed by atoms with Crippen LogP contribution in [0.3, 0.4) is 0 Å². The van der Waals surface area contributed by atoms with Crippen LogP contribution >= 0.6 is 0 Å². The standard InChI is InChI=1S/C31H32F2N4O3/c32-31(33)13-11-24(22-7-3-1-4-8-22)26(19-31)29(39)35-17-14-30(40,15-18-35)20-36-21-34-27-25(28(36)38)12-16-37(27)23-9-5-2-6-10-23/h1-10,12,16,21,24,26,40H,11,13-15,17-20H2. The molecule has 4 aromatic rings. The zero-order valence-corrected chi connectivity index (χ0v) is 22.1. The van der Waals surface area contributed by atoms with Crippen LogP contribution in [0.5, 0.6) is 0 Å². The number of para-hydroxylation sites is 1. The third-order valence-electron chi connectivity index (χ3n) is 8.55. The van der Waals surface area contributed by atoms with Gasteiger partial charge in [0.15, 0.2) is 5.65 Å². The van der Waals surface area contributed by atoms with Crippen molar-refractivity contribution in [1.29, 1.82) is 0 Å². The van der Waals surface area contributed by atoms with Gasteiger partial charge in [-0.1, -0.05) is 48.5 Å². The van der Waals surface area contributed by atoms with Crippen molar-refractivity contribution in [3.05, 3.63) is 95.2 Å². The zero-order chi connectivity index (χ0) is 27.9. The van der Waals surface area contributed by atoms with Gasteiger partial charge in [-0.25, -0.2) is 13.8 Å². The molecule has 0 radical (unpaired) electrons. The molecule has 0 spiro atoms. The summed E-state index contributed by atoms with van der Waals surface area (Å²) in [6.07, 6.45) is 3.31. The highest BCUT2D eigenvalue weighted by Crippen LogP contribution is 2.46. The molecule has 2 atom stereocenters. The Balaban J connectivity index is 1.16. The minimum absolute atomic E-state index is 0.0431. The van der Waals surface area contributed by atoms with Crippen LogP contribution in [0.25, 0.3) is 16.7 Å². The molecular weight excluding hydrogens is 514 g/mol. The van der Waals surface area contributed by atoms with Crippen LogP contribution in [0, 0.1) is 5.92 Å². The summed E-state index contributed by atoms with van der Waals surface area (Å²) >= 11 is 0. The number of nitrogens with zero attached hydrogens (tertiary/aromatic N) is 4. The molecule has 1 saturated heterocycles. The summed E-state index contributed by atoms with van der Waals surface area (Å²) < 4.78 is 32.1. The van der Waals surface area contributed by atoms with E-state index >= 15 is 0 Å². The molecule has 3 heterocycles. The monoisotopic (exact) mass is 546 g/mol. The van der Waals surface area contributed by atoms with Gasteiger partial charge in [0.1, 0.15) is 6.33 Å². The molecule has 7 nitrogen and oxygen atoms in total. The van der Waals surface area contributed by atoms with Crippen LogP contribution in [0.4, 0.5) is 8.78 Å². The van der Waals surface area contributed by atoms with Crippen LogP contribution in [0.2, 0.25) is 0 Å². The van der Waals surface area contributed by atoms with E-state index in [-0.39, 0.29) is 62.7 Å². The molecule has 2 fully saturated rings. The molecule has 1 aliphatic heterocycles. The topological polar surface area (TPSA) is 80.4 Å². The van der Waals surface area contributed by atoms with Crippen LogP contribution in [0.15, 0.2) is 84.0 Å². The Morgan fingerprint density at radius 2 is 1.65 bits per heavy atom. The number of hydrogen-bond acceptors (Lipinski definition) is 4. The van der Waals surface area contributed by atoms with Gasteiger partial charge in [0, 0.05) is 37.8 Å². The largest absolute Gasteiger partial charge is 0.388 e. The van der Waals surface area contributed by atoms with E-state index in [9.17, 15) is 23.5 Å². The number of aliphatic hydroxyl groups is 1. The number of alkyl halides is 2. The maximum absolute atomic E-state index is 14.4. The number of piperidine rings is 1. The lowest BCUT2D eigenvalue weighted by atomic mass is 9.73. The van der Waals surface area contributed by atoms with Crippen LogP contribution in [-0.4, -0.2) is 54.6 Å². The fourth-order valence-electron chi connectivity index (χ4n) is 6.31. The van der Waals surface area contributed by atoms with Gasteiger partial charge in [-0.15, -0.1) is 0 Å². The van der Waals surface area contributed by atoms with Crippen molar-refractivity contribution in [1.82, 2.24) is 19.0 Å². The Morgan fingerprint density at radius 3 is 2.35 bits per heavy atom. The Labute approximate surface area is 230 Å². The van der Waals surface area contributed by atoms with E-state index in [1.807, 2.05) is 65.2 Å². The van der Waals surface area contributed by atoms with E-state index in [0.717, 1.165) is 11.3 Å². The first-order chi connectivity index (χ1) is 19.2. The molecule has 1 N–H and O–H groups in total. The predicted octanol–water partition coefficient (Wildman–Crippen LogP) is 4.76. The van der Waals surface area contributed by atoms with E-state index in [2.05, 4.69) is 4.98 Å². The predicted molar refractivity (Wildman–Crippen MR) is 148 cm³/mol. The number of rotatable bonds is 5. The number of hydrogen-bond donors (Lipinski definition) is 1. The molecule has 2 aromatic carbocycles. The zero-order valence-electron chi connectivity index (χ0n) is 22.1. The summed E-state index contributed by atoms with van der Waals surface area (Å²) in [6, 6.07) is 20.8. The van der Waals surface area contributed by atoms with Crippen molar-refractivity contribution in [2.24, 2.45) is 5.92 Å². The first-order valence-corrected chi connectivity index (χ1v) is 13.8. The van der Waals surface area contributed by atoms with Crippen molar-refractivity contribution in [3.8, 4) is 5.69 Å². The van der Waals surface area contributed by atoms with Gasteiger partial charge in [0.05, 0.1) is 23.4 Å². The van der Waals surface area contributed by atoms with Gasteiger partial charge in [-0.3, -0.25) is 14.2 Å². The van der Waals surface area contributed by atoms with Crippen molar-refractivity contribution in [2.75, 3.05) is 13.1 Å². The molecule has 0 bridgehead atoms. The van der Waals surface area contributed by atoms with Gasteiger partial charge < -0.3 is 14.6 Å². The maximum atomic E-state index is 14.4. The van der Waals surface area contributed by atoms with E-state index in [4.69, 9.17) is 0 Å². The number of benzene rings is 2. The third kappa shape index (κ3) is 5.06. The van der Waals surface area contributed by atoms with Crippen molar-refractivity contribution < 1.29 is 18.7 Å². The second-order valence-electron chi connectivity index (χ2n) is 11.2. The summed E-state index contributed by atoms with van der Waals surface area (Å²) in [4.78, 5) is 32.9. The lowest BCUT2D eigenvalue weighted by Gasteiger charge is -2.42. The number of aromatic nitrogens is 3. The van der Waals surface area contributed by atoms with E-state index in [1.165, 1.54) is 10.9 Å². The Kier molecular flexibility index (Phi) is 6.78. The first kappa shape index (κ1) is 26.4. The van der Waals surface area contributed by atoms with Gasteiger partial charge in [-0.2, -0.15) is 0 Å². The minimum Gasteiger partial charge on any atom is -0.388 e. The molecule has 2 unspecified atom stereocenters. The Hall–Kier alpha value is -3.85. The number of carbonyl (C=O) groups excluding carboxylic acids is 1. The van der Waals surface area contributed by atoms with Gasteiger partial charge >= 0.3 is 0 Å². The maximum Gasteiger partial charge on any atom is 0.262 e. The van der Waals surface area contributed by atoms with Crippen molar-refractivity contribution >= 4 is 16.9 Å². The first-order valence-electron chi connectivity index (χ1n) is 13.8. The lowest BCUT2D eigenvalue weighted by Crippen LogP contribution is -2.52. The van der Waals surface area contributed by atoms with E-state index in [0.29, 0.717) is 11.0 Å². The van der Waals surface area contributed by atoms with Crippen LogP contribution < -0.4 is 5.56 Å². The molecule has 6 rings (SSSR count). The van der Waals surface area contributed by atoms with Crippen molar-refractivity contribution in [3.63, 3.8) is 0 Å². The summed E-state index contributed by atoms with van der Waals surface area (Å²) in [5.74, 6) is -4.21. The number of halogens is 2. The average Bonchev–Trinajstić information content (AvgIpc) is 3.40. The molecule has 2 aromatic heterocycles. The SMILES string of the molecule is O=C(C1CC(F)(F)CCC1c1ccccc1)N1CCC(O)(Cn2cnc3c(ccn3-c3ccccc3)c2=O)CC1. The molecule has 1 amide bonds. The highest BCUT2D eigenvalue weighted by molar-refractivity contribution is 5.80. The summed E-state index contributed by atoms with van der Waals surface area (Å²) in [7, 11) is 0. The summed E-state index contributed by atoms with van der Waals surface area (Å²) in [5.41, 5.74) is 0.878. The molecular formula is C31H32F2N4O3. The second-order valence-corrected chi connectivity index (χ2v) is 11.2. The fourth-order valence-corrected chi connectivity index (χ4v) is 6.31. The molecule has 208 valence electrons. The van der Waals surface area contributed by atoms with Gasteiger partial charge in [-0.05, 0) is 48.9 Å². The van der Waals surface area contributed by atoms with E-state index in [1.54, 1.807) is 17.2 Å². The van der Waals surface area contributed by atoms with Gasteiger partial charge in [0.25, 0.3) is 5.56 Å².